The smallest absolute Gasteiger partial charge is 0.0802 e. The van der Waals surface area contributed by atoms with E-state index in [1.165, 1.54) is 0 Å². The lowest BCUT2D eigenvalue weighted by Gasteiger charge is -2.23. The van der Waals surface area contributed by atoms with Crippen molar-refractivity contribution in [3.63, 3.8) is 0 Å². The average molecular weight is 264 g/mol. The minimum Gasteiger partial charge on any atom is -0.388 e. The first kappa shape index (κ1) is 14.3. The van der Waals surface area contributed by atoms with Crippen LogP contribution in [0.3, 0.4) is 0 Å². The molecule has 1 aliphatic rings. The van der Waals surface area contributed by atoms with E-state index < -0.39 is 6.10 Å². The lowest BCUT2D eigenvalue weighted by Crippen LogP contribution is -2.22. The van der Waals surface area contributed by atoms with Crippen molar-refractivity contribution in [1.82, 2.24) is 0 Å². The van der Waals surface area contributed by atoms with Gasteiger partial charge in [-0.1, -0.05) is 12.1 Å². The summed E-state index contributed by atoms with van der Waals surface area (Å²) in [5.41, 5.74) is 7.48. The van der Waals surface area contributed by atoms with Crippen LogP contribution in [0.5, 0.6) is 0 Å². The van der Waals surface area contributed by atoms with Crippen LogP contribution in [0.25, 0.3) is 0 Å². The van der Waals surface area contributed by atoms with Gasteiger partial charge in [0.25, 0.3) is 0 Å². The van der Waals surface area contributed by atoms with Gasteiger partial charge in [-0.15, -0.1) is 0 Å². The molecule has 4 heteroatoms. The second-order valence-corrected chi connectivity index (χ2v) is 5.16. The fourth-order valence-corrected chi connectivity index (χ4v) is 2.39. The maximum Gasteiger partial charge on any atom is 0.0802 e. The van der Waals surface area contributed by atoms with Crippen molar-refractivity contribution in [3.05, 3.63) is 29.8 Å². The van der Waals surface area contributed by atoms with Gasteiger partial charge >= 0.3 is 0 Å². The SMILES string of the molecule is NCCC(O)c1cccc(NCC2CCOCC2)c1. The number of nitrogens with one attached hydrogen (secondary N) is 1. The van der Waals surface area contributed by atoms with E-state index in [1.54, 1.807) is 0 Å². The third-order valence-corrected chi connectivity index (χ3v) is 3.65. The van der Waals surface area contributed by atoms with E-state index in [9.17, 15) is 5.11 Å². The van der Waals surface area contributed by atoms with Crippen LogP contribution in [0, 0.1) is 5.92 Å². The molecular weight excluding hydrogens is 240 g/mol. The van der Waals surface area contributed by atoms with Crippen LogP contribution in [-0.2, 0) is 4.74 Å². The standard InChI is InChI=1S/C15H24N2O2/c16-7-4-15(18)13-2-1-3-14(10-13)17-11-12-5-8-19-9-6-12/h1-3,10,12,15,17-18H,4-9,11,16H2. The van der Waals surface area contributed by atoms with Crippen LogP contribution in [0.15, 0.2) is 24.3 Å². The summed E-state index contributed by atoms with van der Waals surface area (Å²) in [5.74, 6) is 0.686. The first-order chi connectivity index (χ1) is 9.29. The lowest BCUT2D eigenvalue weighted by molar-refractivity contribution is 0.0699. The average Bonchev–Trinajstić information content (AvgIpc) is 2.47. The molecule has 4 nitrogen and oxygen atoms in total. The van der Waals surface area contributed by atoms with Crippen molar-refractivity contribution in [1.29, 1.82) is 0 Å². The maximum atomic E-state index is 9.94. The molecule has 2 rings (SSSR count). The van der Waals surface area contributed by atoms with Gasteiger partial charge in [0.1, 0.15) is 0 Å². The Balaban J connectivity index is 1.87. The van der Waals surface area contributed by atoms with Gasteiger partial charge in [-0.25, -0.2) is 0 Å². The van der Waals surface area contributed by atoms with Crippen molar-refractivity contribution >= 4 is 5.69 Å². The second-order valence-electron chi connectivity index (χ2n) is 5.16. The number of aliphatic hydroxyl groups is 1. The van der Waals surface area contributed by atoms with Crippen LogP contribution < -0.4 is 11.1 Å². The summed E-state index contributed by atoms with van der Waals surface area (Å²) in [5, 5.41) is 13.4. The second kappa shape index (κ2) is 7.48. The van der Waals surface area contributed by atoms with Gasteiger partial charge in [0.15, 0.2) is 0 Å². The van der Waals surface area contributed by atoms with Crippen molar-refractivity contribution < 1.29 is 9.84 Å². The molecule has 1 atom stereocenters. The highest BCUT2D eigenvalue weighted by Gasteiger charge is 2.13. The van der Waals surface area contributed by atoms with Gasteiger partial charge < -0.3 is 20.9 Å². The van der Waals surface area contributed by atoms with Crippen LogP contribution in [0.2, 0.25) is 0 Å². The lowest BCUT2D eigenvalue weighted by atomic mass is 10.00. The highest BCUT2D eigenvalue weighted by Crippen LogP contribution is 2.21. The van der Waals surface area contributed by atoms with E-state index >= 15 is 0 Å². The van der Waals surface area contributed by atoms with Gasteiger partial charge in [0.05, 0.1) is 6.10 Å². The van der Waals surface area contributed by atoms with E-state index in [2.05, 4.69) is 5.32 Å². The number of nitrogens with two attached hydrogens (primary N) is 1. The zero-order valence-electron chi connectivity index (χ0n) is 11.3. The molecule has 1 fully saturated rings. The number of hydrogen-bond donors (Lipinski definition) is 3. The Labute approximate surface area is 115 Å². The molecule has 0 saturated carbocycles. The minimum absolute atomic E-state index is 0.463. The number of hydrogen-bond acceptors (Lipinski definition) is 4. The Bertz CT molecular complexity index is 378. The van der Waals surface area contributed by atoms with Crippen LogP contribution >= 0.6 is 0 Å². The minimum atomic E-state index is -0.463. The quantitative estimate of drug-likeness (QED) is 0.734. The van der Waals surface area contributed by atoms with Crippen LogP contribution in [0.1, 0.15) is 30.9 Å². The molecule has 0 amide bonds. The summed E-state index contributed by atoms with van der Waals surface area (Å²) in [6.45, 7) is 3.23. The van der Waals surface area contributed by atoms with E-state index in [-0.39, 0.29) is 0 Å². The molecule has 19 heavy (non-hydrogen) atoms. The summed E-state index contributed by atoms with van der Waals surface area (Å²) < 4.78 is 5.36. The molecule has 1 heterocycles. The van der Waals surface area contributed by atoms with Crippen molar-refractivity contribution in [2.45, 2.75) is 25.4 Å². The molecular formula is C15H24N2O2. The largest absolute Gasteiger partial charge is 0.388 e. The monoisotopic (exact) mass is 264 g/mol. The normalized spacial score (nSPS) is 18.2. The van der Waals surface area contributed by atoms with Crippen molar-refractivity contribution in [2.24, 2.45) is 11.7 Å². The first-order valence-electron chi connectivity index (χ1n) is 7.09. The molecule has 4 N–H and O–H groups in total. The summed E-state index contributed by atoms with van der Waals surface area (Å²) in [6.07, 6.45) is 2.39. The van der Waals surface area contributed by atoms with Gasteiger partial charge in [-0.05, 0) is 49.4 Å². The van der Waals surface area contributed by atoms with E-state index in [0.717, 1.165) is 43.9 Å². The first-order valence-corrected chi connectivity index (χ1v) is 7.09. The van der Waals surface area contributed by atoms with E-state index in [1.807, 2.05) is 24.3 Å². The number of ether oxygens (including phenoxy) is 1. The molecule has 1 aromatic rings. The number of anilines is 1. The molecule has 1 aromatic carbocycles. The zero-order chi connectivity index (χ0) is 13.5. The molecule has 1 saturated heterocycles. The van der Waals surface area contributed by atoms with E-state index in [0.29, 0.717) is 18.9 Å². The zero-order valence-corrected chi connectivity index (χ0v) is 11.3. The van der Waals surface area contributed by atoms with Crippen molar-refractivity contribution in [3.8, 4) is 0 Å². The Morgan fingerprint density at radius 1 is 1.37 bits per heavy atom. The summed E-state index contributed by atoms with van der Waals surface area (Å²) in [7, 11) is 0. The molecule has 1 unspecified atom stereocenters. The molecule has 0 spiro atoms. The van der Waals surface area contributed by atoms with Crippen molar-refractivity contribution in [2.75, 3.05) is 31.6 Å². The van der Waals surface area contributed by atoms with Crippen LogP contribution in [-0.4, -0.2) is 31.4 Å². The highest BCUT2D eigenvalue weighted by atomic mass is 16.5. The Morgan fingerprint density at radius 3 is 2.89 bits per heavy atom. The fraction of sp³-hybridized carbons (Fsp3) is 0.600. The number of benzene rings is 1. The molecule has 0 aliphatic carbocycles. The maximum absolute atomic E-state index is 9.94. The summed E-state index contributed by atoms with van der Waals surface area (Å²) in [4.78, 5) is 0. The Hall–Kier alpha value is -1.10. The highest BCUT2D eigenvalue weighted by molar-refractivity contribution is 5.46. The van der Waals surface area contributed by atoms with Gasteiger partial charge in [-0.3, -0.25) is 0 Å². The Kier molecular flexibility index (Phi) is 5.63. The predicted octanol–water partition coefficient (Wildman–Crippen LogP) is 1.91. The molecule has 0 radical (unpaired) electrons. The molecule has 1 aliphatic heterocycles. The van der Waals surface area contributed by atoms with Gasteiger partial charge in [-0.2, -0.15) is 0 Å². The molecule has 106 valence electrons. The summed E-state index contributed by atoms with van der Waals surface area (Å²) in [6, 6.07) is 7.97. The number of rotatable bonds is 6. The Morgan fingerprint density at radius 2 is 2.16 bits per heavy atom. The third kappa shape index (κ3) is 4.49. The fourth-order valence-electron chi connectivity index (χ4n) is 2.39. The molecule has 0 aromatic heterocycles. The van der Waals surface area contributed by atoms with Crippen LogP contribution in [0.4, 0.5) is 5.69 Å². The predicted molar refractivity (Wildman–Crippen MR) is 77.1 cm³/mol. The third-order valence-electron chi connectivity index (χ3n) is 3.65. The summed E-state index contributed by atoms with van der Waals surface area (Å²) >= 11 is 0. The number of aliphatic hydroxyl groups excluding tert-OH is 1. The molecule has 0 bridgehead atoms. The topological polar surface area (TPSA) is 67.5 Å². The van der Waals surface area contributed by atoms with Gasteiger partial charge in [0.2, 0.25) is 0 Å². The van der Waals surface area contributed by atoms with E-state index in [4.69, 9.17) is 10.5 Å². The van der Waals surface area contributed by atoms with Gasteiger partial charge in [0, 0.05) is 25.4 Å².